The van der Waals surface area contributed by atoms with E-state index in [1.165, 1.54) is 9.20 Å². The Balaban J connectivity index is 2.14. The fourth-order valence-corrected chi connectivity index (χ4v) is 2.67. The maximum atomic E-state index is 12.8. The molecule has 0 aliphatic carbocycles. The Morgan fingerprint density at radius 2 is 1.92 bits per heavy atom. The summed E-state index contributed by atoms with van der Waals surface area (Å²) in [4.78, 5) is 24.9. The van der Waals surface area contributed by atoms with Crippen molar-refractivity contribution in [2.24, 2.45) is 0 Å². The number of aromatic nitrogens is 2. The minimum absolute atomic E-state index is 0.113. The summed E-state index contributed by atoms with van der Waals surface area (Å²) in [7, 11) is 1.58. The van der Waals surface area contributed by atoms with Crippen LogP contribution in [0.5, 0.6) is 11.5 Å². The lowest BCUT2D eigenvalue weighted by Gasteiger charge is -2.14. The van der Waals surface area contributed by atoms with Gasteiger partial charge in [0.2, 0.25) is 0 Å². The lowest BCUT2D eigenvalue weighted by Crippen LogP contribution is -2.32. The fourth-order valence-electron chi connectivity index (χ4n) is 2.67. The number of aromatic hydroxyl groups is 1. The summed E-state index contributed by atoms with van der Waals surface area (Å²) >= 11 is 0. The molecule has 0 bridgehead atoms. The van der Waals surface area contributed by atoms with E-state index in [9.17, 15) is 14.7 Å². The quantitative estimate of drug-likeness (QED) is 0.718. The van der Waals surface area contributed by atoms with Crippen molar-refractivity contribution in [1.82, 2.24) is 9.20 Å². The van der Waals surface area contributed by atoms with Crippen LogP contribution >= 0.6 is 0 Å². The van der Waals surface area contributed by atoms with Gasteiger partial charge in [0, 0.05) is 6.20 Å². The second kappa shape index (κ2) is 6.72. The first kappa shape index (κ1) is 16.6. The molecule has 1 aromatic carbocycles. The molecule has 2 heterocycles. The molecule has 0 saturated carbocycles. The lowest BCUT2D eigenvalue weighted by atomic mass is 10.2. The van der Waals surface area contributed by atoms with E-state index in [-0.39, 0.29) is 24.5 Å². The Labute approximate surface area is 143 Å². The van der Waals surface area contributed by atoms with Crippen LogP contribution in [0.3, 0.4) is 0 Å². The molecule has 0 fully saturated rings. The third-order valence-corrected chi connectivity index (χ3v) is 3.89. The molecular formula is C18H18N2O5. The van der Waals surface area contributed by atoms with Gasteiger partial charge in [0.15, 0.2) is 11.3 Å². The van der Waals surface area contributed by atoms with Crippen LogP contribution in [0.4, 0.5) is 0 Å². The molecule has 3 aromatic rings. The molecular weight excluding hydrogens is 324 g/mol. The zero-order valence-corrected chi connectivity index (χ0v) is 13.9. The second-order valence-corrected chi connectivity index (χ2v) is 5.39. The Kier molecular flexibility index (Phi) is 4.47. The SMILES string of the molecule is CCOC(=O)c1c(O)c2cccn2n(Cc2ccc(OC)cc2)c1=O. The van der Waals surface area contributed by atoms with E-state index < -0.39 is 11.5 Å². The van der Waals surface area contributed by atoms with Gasteiger partial charge in [-0.1, -0.05) is 12.1 Å². The van der Waals surface area contributed by atoms with Gasteiger partial charge in [-0.3, -0.25) is 9.31 Å². The number of ether oxygens (including phenoxy) is 2. The van der Waals surface area contributed by atoms with Crippen LogP contribution < -0.4 is 10.3 Å². The Hall–Kier alpha value is -3.22. The molecule has 7 heteroatoms. The number of nitrogens with zero attached hydrogens (tertiary/aromatic N) is 2. The summed E-state index contributed by atoms with van der Waals surface area (Å²) in [5.41, 5.74) is 0.228. The average Bonchev–Trinajstić information content (AvgIpc) is 3.09. The zero-order chi connectivity index (χ0) is 18.0. The standard InChI is InChI=1S/C18H18N2O5/c1-3-25-18(23)15-16(21)14-5-4-10-19(14)20(17(15)22)11-12-6-8-13(24-2)9-7-12/h4-10,21H,3,11H2,1-2H3. The maximum Gasteiger partial charge on any atom is 0.347 e. The van der Waals surface area contributed by atoms with Crippen LogP contribution in [-0.2, 0) is 11.3 Å². The van der Waals surface area contributed by atoms with Crippen LogP contribution in [0, 0.1) is 0 Å². The molecule has 0 aliphatic rings. The molecule has 0 spiro atoms. The predicted molar refractivity (Wildman–Crippen MR) is 91.4 cm³/mol. The third kappa shape index (κ3) is 2.96. The monoisotopic (exact) mass is 342 g/mol. The van der Waals surface area contributed by atoms with Crippen LogP contribution in [0.15, 0.2) is 47.4 Å². The number of esters is 1. The minimum atomic E-state index is -0.836. The van der Waals surface area contributed by atoms with Gasteiger partial charge in [0.1, 0.15) is 11.3 Å². The van der Waals surface area contributed by atoms with Crippen molar-refractivity contribution >= 4 is 11.5 Å². The number of benzene rings is 1. The molecule has 0 atom stereocenters. The van der Waals surface area contributed by atoms with Crippen LogP contribution in [0.25, 0.3) is 5.52 Å². The van der Waals surface area contributed by atoms with Gasteiger partial charge in [-0.05, 0) is 36.8 Å². The normalized spacial score (nSPS) is 10.8. The Bertz CT molecular complexity index is 970. The van der Waals surface area contributed by atoms with Gasteiger partial charge in [-0.2, -0.15) is 0 Å². The minimum Gasteiger partial charge on any atom is -0.505 e. The van der Waals surface area contributed by atoms with E-state index >= 15 is 0 Å². The molecule has 1 N–H and O–H groups in total. The Morgan fingerprint density at radius 1 is 1.20 bits per heavy atom. The van der Waals surface area contributed by atoms with Crippen molar-refractivity contribution in [1.29, 1.82) is 0 Å². The van der Waals surface area contributed by atoms with Crippen LogP contribution in [0.2, 0.25) is 0 Å². The maximum absolute atomic E-state index is 12.8. The van der Waals surface area contributed by atoms with Crippen molar-refractivity contribution < 1.29 is 19.4 Å². The molecule has 0 aliphatic heterocycles. The number of rotatable bonds is 5. The zero-order valence-electron chi connectivity index (χ0n) is 13.9. The second-order valence-electron chi connectivity index (χ2n) is 5.39. The molecule has 0 radical (unpaired) electrons. The largest absolute Gasteiger partial charge is 0.505 e. The first-order chi connectivity index (χ1) is 12.1. The first-order valence-corrected chi connectivity index (χ1v) is 7.80. The Morgan fingerprint density at radius 3 is 2.56 bits per heavy atom. The van der Waals surface area contributed by atoms with E-state index in [0.29, 0.717) is 11.3 Å². The fraction of sp³-hybridized carbons (Fsp3) is 0.222. The third-order valence-electron chi connectivity index (χ3n) is 3.89. The summed E-state index contributed by atoms with van der Waals surface area (Å²) in [6.45, 7) is 1.98. The molecule has 2 aromatic heterocycles. The van der Waals surface area contributed by atoms with Crippen molar-refractivity contribution in [2.45, 2.75) is 13.5 Å². The van der Waals surface area contributed by atoms with Gasteiger partial charge in [0.05, 0.1) is 20.3 Å². The van der Waals surface area contributed by atoms with Crippen molar-refractivity contribution in [3.8, 4) is 11.5 Å². The topological polar surface area (TPSA) is 82.2 Å². The average molecular weight is 342 g/mol. The summed E-state index contributed by atoms with van der Waals surface area (Å²) in [5, 5.41) is 10.3. The van der Waals surface area contributed by atoms with Crippen molar-refractivity contribution in [2.75, 3.05) is 13.7 Å². The van der Waals surface area contributed by atoms with Crippen molar-refractivity contribution in [3.63, 3.8) is 0 Å². The summed E-state index contributed by atoms with van der Waals surface area (Å²) in [5.74, 6) is -0.503. The van der Waals surface area contributed by atoms with E-state index in [4.69, 9.17) is 9.47 Å². The van der Waals surface area contributed by atoms with Crippen LogP contribution in [0.1, 0.15) is 22.8 Å². The van der Waals surface area contributed by atoms with Gasteiger partial charge >= 0.3 is 5.97 Å². The van der Waals surface area contributed by atoms with E-state index in [1.54, 1.807) is 44.5 Å². The molecule has 25 heavy (non-hydrogen) atoms. The summed E-state index contributed by atoms with van der Waals surface area (Å²) in [6, 6.07) is 10.6. The highest BCUT2D eigenvalue weighted by molar-refractivity contribution is 5.94. The van der Waals surface area contributed by atoms with E-state index in [2.05, 4.69) is 0 Å². The summed E-state index contributed by atoms with van der Waals surface area (Å²) < 4.78 is 12.9. The number of carbonyl (C=O) groups is 1. The number of carbonyl (C=O) groups excluding carboxylic acids is 1. The van der Waals surface area contributed by atoms with Gasteiger partial charge in [0.25, 0.3) is 5.56 Å². The number of hydrogen-bond donors (Lipinski definition) is 1. The van der Waals surface area contributed by atoms with E-state index in [1.807, 2.05) is 12.1 Å². The first-order valence-electron chi connectivity index (χ1n) is 7.80. The molecule has 0 unspecified atom stereocenters. The smallest absolute Gasteiger partial charge is 0.347 e. The van der Waals surface area contributed by atoms with E-state index in [0.717, 1.165) is 5.56 Å². The van der Waals surface area contributed by atoms with Crippen molar-refractivity contribution in [3.05, 3.63) is 64.1 Å². The molecule has 0 amide bonds. The lowest BCUT2D eigenvalue weighted by molar-refractivity contribution is 0.0519. The predicted octanol–water partition coefficient (Wildman–Crippen LogP) is 2.04. The highest BCUT2D eigenvalue weighted by atomic mass is 16.5. The molecule has 3 rings (SSSR count). The highest BCUT2D eigenvalue weighted by Crippen LogP contribution is 2.22. The van der Waals surface area contributed by atoms with Gasteiger partial charge in [-0.25, -0.2) is 9.48 Å². The summed E-state index contributed by atoms with van der Waals surface area (Å²) in [6.07, 6.45) is 1.65. The molecule has 130 valence electrons. The number of fused-ring (bicyclic) bond motifs is 1. The van der Waals surface area contributed by atoms with Gasteiger partial charge < -0.3 is 14.6 Å². The molecule has 0 saturated heterocycles. The number of methoxy groups -OCH3 is 1. The number of hydrogen-bond acceptors (Lipinski definition) is 5. The highest BCUT2D eigenvalue weighted by Gasteiger charge is 2.23. The van der Waals surface area contributed by atoms with Gasteiger partial charge in [-0.15, -0.1) is 0 Å². The van der Waals surface area contributed by atoms with Crippen LogP contribution in [-0.4, -0.2) is 34.0 Å². The molecule has 7 nitrogen and oxygen atoms in total.